The summed E-state index contributed by atoms with van der Waals surface area (Å²) in [7, 11) is -3.85. The summed E-state index contributed by atoms with van der Waals surface area (Å²) < 4.78 is 35.4. The molecule has 2 unspecified atom stereocenters. The second-order valence-electron chi connectivity index (χ2n) is 7.20. The van der Waals surface area contributed by atoms with E-state index in [1.54, 1.807) is 32.9 Å². The molecule has 2 rings (SSSR count). The van der Waals surface area contributed by atoms with Crippen LogP contribution in [0.1, 0.15) is 39.7 Å². The molecule has 1 aromatic rings. The first-order valence-corrected chi connectivity index (χ1v) is 9.38. The van der Waals surface area contributed by atoms with Crippen LogP contribution in [0.5, 0.6) is 0 Å². The van der Waals surface area contributed by atoms with Crippen LogP contribution in [-0.2, 0) is 19.0 Å². The fourth-order valence-electron chi connectivity index (χ4n) is 2.57. The van der Waals surface area contributed by atoms with Gasteiger partial charge in [-0.05, 0) is 53.2 Å². The third-order valence-electron chi connectivity index (χ3n) is 3.74. The summed E-state index contributed by atoms with van der Waals surface area (Å²) in [6, 6.07) is 6.35. The van der Waals surface area contributed by atoms with Crippen molar-refractivity contribution in [3.8, 4) is 0 Å². The van der Waals surface area contributed by atoms with E-state index in [0.29, 0.717) is 6.42 Å². The predicted molar refractivity (Wildman–Crippen MR) is 90.3 cm³/mol. The normalized spacial score (nSPS) is 21.8. The lowest BCUT2D eigenvalue weighted by Crippen LogP contribution is -2.39. The van der Waals surface area contributed by atoms with Crippen LogP contribution in [0.4, 0.5) is 4.79 Å². The van der Waals surface area contributed by atoms with Crippen molar-refractivity contribution in [2.24, 2.45) is 0 Å². The molecule has 0 saturated carbocycles. The first kappa shape index (κ1) is 18.7. The molecule has 0 aromatic heterocycles. The zero-order chi connectivity index (χ0) is 18.1. The van der Waals surface area contributed by atoms with E-state index >= 15 is 0 Å². The molecular formula is C17H25NO5S. The molecule has 1 aliphatic heterocycles. The summed E-state index contributed by atoms with van der Waals surface area (Å²) in [5, 5.41) is 0. The molecule has 1 fully saturated rings. The van der Waals surface area contributed by atoms with Crippen LogP contribution in [0.3, 0.4) is 0 Å². The van der Waals surface area contributed by atoms with Crippen LogP contribution in [0.15, 0.2) is 29.2 Å². The lowest BCUT2D eigenvalue weighted by atomic mass is 10.2. The number of nitrogens with zero attached hydrogens (tertiary/aromatic N) is 1. The minimum absolute atomic E-state index is 0.122. The molecule has 0 bridgehead atoms. The Hall–Kier alpha value is -1.60. The van der Waals surface area contributed by atoms with Gasteiger partial charge in [-0.3, -0.25) is 4.18 Å². The summed E-state index contributed by atoms with van der Waals surface area (Å²) in [4.78, 5) is 13.8. The summed E-state index contributed by atoms with van der Waals surface area (Å²) in [5.41, 5.74) is 0.378. The van der Waals surface area contributed by atoms with E-state index in [1.807, 2.05) is 13.8 Å². The maximum absolute atomic E-state index is 12.4. The minimum atomic E-state index is -3.85. The highest BCUT2D eigenvalue weighted by molar-refractivity contribution is 7.86. The molecule has 24 heavy (non-hydrogen) atoms. The van der Waals surface area contributed by atoms with Crippen LogP contribution < -0.4 is 0 Å². The Labute approximate surface area is 143 Å². The van der Waals surface area contributed by atoms with E-state index in [1.165, 1.54) is 17.0 Å². The Morgan fingerprint density at radius 3 is 2.33 bits per heavy atom. The third-order valence-corrected chi connectivity index (χ3v) is 5.11. The second kappa shape index (κ2) is 6.72. The van der Waals surface area contributed by atoms with Crippen LogP contribution in [0.2, 0.25) is 0 Å². The maximum atomic E-state index is 12.4. The highest BCUT2D eigenvalue weighted by Gasteiger charge is 2.38. The monoisotopic (exact) mass is 355 g/mol. The molecule has 1 amide bonds. The fourth-order valence-corrected chi connectivity index (χ4v) is 3.64. The van der Waals surface area contributed by atoms with Crippen LogP contribution in [0.25, 0.3) is 0 Å². The van der Waals surface area contributed by atoms with E-state index in [9.17, 15) is 13.2 Å². The van der Waals surface area contributed by atoms with Gasteiger partial charge in [0.1, 0.15) is 5.60 Å². The molecule has 0 aliphatic carbocycles. The van der Waals surface area contributed by atoms with Crippen molar-refractivity contribution in [1.82, 2.24) is 4.90 Å². The first-order chi connectivity index (χ1) is 11.0. The lowest BCUT2D eigenvalue weighted by Gasteiger charge is -2.26. The van der Waals surface area contributed by atoms with Gasteiger partial charge in [-0.2, -0.15) is 8.42 Å². The van der Waals surface area contributed by atoms with Crippen LogP contribution >= 0.6 is 0 Å². The Morgan fingerprint density at radius 1 is 1.21 bits per heavy atom. The summed E-state index contributed by atoms with van der Waals surface area (Å²) in [6.45, 7) is 9.31. The van der Waals surface area contributed by atoms with Crippen molar-refractivity contribution >= 4 is 16.2 Å². The topological polar surface area (TPSA) is 72.9 Å². The predicted octanol–water partition coefficient (Wildman–Crippen LogP) is 3.10. The number of aryl methyl sites for hydroxylation is 1. The molecule has 0 radical (unpaired) electrons. The lowest BCUT2D eigenvalue weighted by molar-refractivity contribution is 0.0224. The number of hydrogen-bond donors (Lipinski definition) is 0. The molecular weight excluding hydrogens is 330 g/mol. The maximum Gasteiger partial charge on any atom is 0.410 e. The van der Waals surface area contributed by atoms with Crippen molar-refractivity contribution in [3.05, 3.63) is 29.8 Å². The van der Waals surface area contributed by atoms with Gasteiger partial charge in [0.2, 0.25) is 0 Å². The van der Waals surface area contributed by atoms with Gasteiger partial charge in [0.25, 0.3) is 10.1 Å². The first-order valence-electron chi connectivity index (χ1n) is 7.97. The van der Waals surface area contributed by atoms with Crippen molar-refractivity contribution in [2.45, 2.75) is 63.7 Å². The average molecular weight is 355 g/mol. The molecule has 1 heterocycles. The van der Waals surface area contributed by atoms with E-state index < -0.39 is 27.9 Å². The molecule has 1 aliphatic rings. The van der Waals surface area contributed by atoms with Gasteiger partial charge in [-0.15, -0.1) is 0 Å². The van der Waals surface area contributed by atoms with Crippen LogP contribution in [-0.4, -0.2) is 43.7 Å². The standard InChI is InChI=1S/C17H25NO5S/c1-12-6-8-15(9-7-12)24(20,21)23-14-10-13(2)18(11-14)16(19)22-17(3,4)5/h6-9,13-14H,10-11H2,1-5H3. The number of ether oxygens (including phenoxy) is 1. The number of benzene rings is 1. The van der Waals surface area contributed by atoms with Crippen molar-refractivity contribution in [2.75, 3.05) is 6.54 Å². The molecule has 0 N–H and O–H groups in total. The number of amides is 1. The molecule has 1 aromatic carbocycles. The molecule has 134 valence electrons. The minimum Gasteiger partial charge on any atom is -0.444 e. The number of carbonyl (C=O) groups is 1. The Kier molecular flexibility index (Phi) is 5.25. The van der Waals surface area contributed by atoms with Crippen LogP contribution in [0, 0.1) is 6.92 Å². The molecule has 7 heteroatoms. The van der Waals surface area contributed by atoms with Gasteiger partial charge in [0.15, 0.2) is 0 Å². The van der Waals surface area contributed by atoms with Crippen molar-refractivity contribution in [1.29, 1.82) is 0 Å². The largest absolute Gasteiger partial charge is 0.444 e. The van der Waals surface area contributed by atoms with Crippen molar-refractivity contribution in [3.63, 3.8) is 0 Å². The van der Waals surface area contributed by atoms with Gasteiger partial charge in [-0.1, -0.05) is 17.7 Å². The number of rotatable bonds is 3. The molecule has 1 saturated heterocycles. The van der Waals surface area contributed by atoms with Gasteiger partial charge < -0.3 is 9.64 Å². The van der Waals surface area contributed by atoms with Crippen molar-refractivity contribution < 1.29 is 22.1 Å². The molecule has 0 spiro atoms. The van der Waals surface area contributed by atoms with E-state index in [0.717, 1.165) is 5.56 Å². The third kappa shape index (κ3) is 4.70. The Morgan fingerprint density at radius 2 is 1.79 bits per heavy atom. The van der Waals surface area contributed by atoms with Gasteiger partial charge in [-0.25, -0.2) is 4.79 Å². The zero-order valence-corrected chi connectivity index (χ0v) is 15.6. The van der Waals surface area contributed by atoms with Gasteiger partial charge in [0.05, 0.1) is 17.5 Å². The molecule has 6 nitrogen and oxygen atoms in total. The van der Waals surface area contributed by atoms with E-state index in [2.05, 4.69) is 0 Å². The van der Waals surface area contributed by atoms with Gasteiger partial charge >= 0.3 is 6.09 Å². The SMILES string of the molecule is Cc1ccc(S(=O)(=O)OC2CC(C)N(C(=O)OC(C)(C)C)C2)cc1. The highest BCUT2D eigenvalue weighted by atomic mass is 32.2. The fraction of sp³-hybridized carbons (Fsp3) is 0.588. The average Bonchev–Trinajstić information content (AvgIpc) is 2.77. The zero-order valence-electron chi connectivity index (χ0n) is 14.8. The summed E-state index contributed by atoms with van der Waals surface area (Å²) >= 11 is 0. The quantitative estimate of drug-likeness (QED) is 0.779. The van der Waals surface area contributed by atoms with E-state index in [-0.39, 0.29) is 17.5 Å². The number of likely N-dealkylation sites (tertiary alicyclic amines) is 1. The summed E-state index contributed by atoms with van der Waals surface area (Å²) in [5.74, 6) is 0. The van der Waals surface area contributed by atoms with E-state index in [4.69, 9.17) is 8.92 Å². The number of hydrogen-bond acceptors (Lipinski definition) is 5. The Balaban J connectivity index is 2.04. The second-order valence-corrected chi connectivity index (χ2v) is 8.77. The Bertz CT molecular complexity index is 691. The number of carbonyl (C=O) groups excluding carboxylic acids is 1. The van der Waals surface area contributed by atoms with Gasteiger partial charge in [0, 0.05) is 6.04 Å². The molecule has 2 atom stereocenters. The smallest absolute Gasteiger partial charge is 0.410 e. The highest BCUT2D eigenvalue weighted by Crippen LogP contribution is 2.26. The summed E-state index contributed by atoms with van der Waals surface area (Å²) in [6.07, 6.45) is -0.572.